The molecule has 2 bridgehead atoms. The molecule has 0 aromatic carbocycles. The third-order valence-electron chi connectivity index (χ3n) is 4.85. The lowest BCUT2D eigenvalue weighted by atomic mass is 9.99. The van der Waals surface area contributed by atoms with Gasteiger partial charge in [-0.05, 0) is 44.4 Å². The van der Waals surface area contributed by atoms with Crippen LogP contribution in [0.5, 0.6) is 0 Å². The maximum atomic E-state index is 9.27. The molecule has 1 heterocycles. The second-order valence-electron chi connectivity index (χ2n) is 5.95. The van der Waals surface area contributed by atoms with Crippen molar-refractivity contribution in [1.29, 1.82) is 0 Å². The van der Waals surface area contributed by atoms with Gasteiger partial charge in [0.05, 0.1) is 6.61 Å². The summed E-state index contributed by atoms with van der Waals surface area (Å²) in [5.41, 5.74) is 5.87. The molecule has 3 nitrogen and oxygen atoms in total. The van der Waals surface area contributed by atoms with Crippen molar-refractivity contribution >= 4 is 0 Å². The molecule has 3 heteroatoms. The fourth-order valence-corrected chi connectivity index (χ4v) is 3.96. The minimum atomic E-state index is -0.271. The van der Waals surface area contributed by atoms with Crippen molar-refractivity contribution in [2.75, 3.05) is 13.2 Å². The third kappa shape index (κ3) is 1.61. The summed E-state index contributed by atoms with van der Waals surface area (Å²) in [6.45, 7) is 1.46. The summed E-state index contributed by atoms with van der Waals surface area (Å²) < 4.78 is 0. The van der Waals surface area contributed by atoms with Crippen molar-refractivity contribution in [3.05, 3.63) is 0 Å². The average Bonchev–Trinajstić information content (AvgIpc) is 2.91. The van der Waals surface area contributed by atoms with Crippen LogP contribution in [0.1, 0.15) is 38.5 Å². The smallest absolute Gasteiger partial charge is 0.0611 e. The number of hydrogen-bond donors (Lipinski definition) is 2. The fourth-order valence-electron chi connectivity index (χ4n) is 3.96. The van der Waals surface area contributed by atoms with E-state index in [1.54, 1.807) is 0 Å². The van der Waals surface area contributed by atoms with Crippen LogP contribution in [-0.2, 0) is 0 Å². The summed E-state index contributed by atoms with van der Waals surface area (Å²) >= 11 is 0. The Morgan fingerprint density at radius 2 is 2.13 bits per heavy atom. The lowest BCUT2D eigenvalue weighted by molar-refractivity contribution is 0.135. The minimum Gasteiger partial charge on any atom is -0.394 e. The van der Waals surface area contributed by atoms with Crippen LogP contribution in [0.3, 0.4) is 0 Å². The Labute approximate surface area is 91.6 Å². The van der Waals surface area contributed by atoms with Crippen LogP contribution in [0.2, 0.25) is 0 Å². The predicted molar refractivity (Wildman–Crippen MR) is 59.5 cm³/mol. The van der Waals surface area contributed by atoms with Gasteiger partial charge in [-0.2, -0.15) is 0 Å². The van der Waals surface area contributed by atoms with Crippen LogP contribution in [-0.4, -0.2) is 40.8 Å². The Balaban J connectivity index is 1.65. The summed E-state index contributed by atoms with van der Waals surface area (Å²) in [4.78, 5) is 2.69. The molecule has 1 aliphatic heterocycles. The highest BCUT2D eigenvalue weighted by Gasteiger charge is 2.45. The zero-order valence-electron chi connectivity index (χ0n) is 9.36. The van der Waals surface area contributed by atoms with Gasteiger partial charge in [0, 0.05) is 24.2 Å². The first kappa shape index (κ1) is 10.1. The zero-order valence-corrected chi connectivity index (χ0v) is 9.36. The largest absolute Gasteiger partial charge is 0.394 e. The van der Waals surface area contributed by atoms with Gasteiger partial charge in [0.25, 0.3) is 0 Å². The Hall–Kier alpha value is -0.120. The van der Waals surface area contributed by atoms with Gasteiger partial charge >= 0.3 is 0 Å². The van der Waals surface area contributed by atoms with Crippen molar-refractivity contribution in [2.45, 2.75) is 56.1 Å². The highest BCUT2D eigenvalue weighted by Crippen LogP contribution is 2.42. The summed E-state index contributed by atoms with van der Waals surface area (Å²) in [6.07, 6.45) is 7.47. The van der Waals surface area contributed by atoms with Crippen LogP contribution in [0.25, 0.3) is 0 Å². The van der Waals surface area contributed by atoms with E-state index in [2.05, 4.69) is 4.90 Å². The molecule has 0 aromatic rings. The van der Waals surface area contributed by atoms with Crippen molar-refractivity contribution in [1.82, 2.24) is 4.90 Å². The van der Waals surface area contributed by atoms with Crippen LogP contribution >= 0.6 is 0 Å². The number of aliphatic hydroxyl groups excluding tert-OH is 1. The second kappa shape index (κ2) is 3.44. The quantitative estimate of drug-likeness (QED) is 0.706. The summed E-state index contributed by atoms with van der Waals surface area (Å²) in [7, 11) is 0. The van der Waals surface area contributed by atoms with Crippen molar-refractivity contribution < 1.29 is 5.11 Å². The number of aliphatic hydroxyl groups is 1. The first-order chi connectivity index (χ1) is 7.20. The highest BCUT2D eigenvalue weighted by molar-refractivity contribution is 5.02. The SMILES string of the molecule is NC1(CO)CCC(N2CC3CCC2C3)C1. The van der Waals surface area contributed by atoms with E-state index in [4.69, 9.17) is 5.73 Å². The number of piperidine rings is 1. The molecule has 3 fully saturated rings. The van der Waals surface area contributed by atoms with Gasteiger partial charge in [-0.3, -0.25) is 4.90 Å². The second-order valence-corrected chi connectivity index (χ2v) is 5.95. The molecule has 3 aliphatic rings. The van der Waals surface area contributed by atoms with Gasteiger partial charge in [0.15, 0.2) is 0 Å². The molecule has 0 spiro atoms. The molecule has 3 N–H and O–H groups in total. The molecule has 0 radical (unpaired) electrons. The predicted octanol–water partition coefficient (Wildman–Crippen LogP) is 0.713. The number of rotatable bonds is 2. The molecule has 1 saturated heterocycles. The summed E-state index contributed by atoms with van der Waals surface area (Å²) in [5.74, 6) is 0.969. The van der Waals surface area contributed by atoms with E-state index in [9.17, 15) is 5.11 Å². The normalized spacial score (nSPS) is 50.4. The fraction of sp³-hybridized carbons (Fsp3) is 1.00. The van der Waals surface area contributed by atoms with Crippen molar-refractivity contribution in [2.24, 2.45) is 11.7 Å². The van der Waals surface area contributed by atoms with Gasteiger partial charge in [0.1, 0.15) is 0 Å². The molecular formula is C12H22N2O. The van der Waals surface area contributed by atoms with E-state index in [1.807, 2.05) is 0 Å². The Morgan fingerprint density at radius 3 is 2.67 bits per heavy atom. The molecule has 0 aromatic heterocycles. The molecule has 2 saturated carbocycles. The molecule has 3 rings (SSSR count). The van der Waals surface area contributed by atoms with Gasteiger partial charge in [0.2, 0.25) is 0 Å². The Bertz CT molecular complexity index is 258. The van der Waals surface area contributed by atoms with E-state index < -0.39 is 0 Å². The molecule has 0 amide bonds. The minimum absolute atomic E-state index is 0.158. The molecule has 2 aliphatic carbocycles. The van der Waals surface area contributed by atoms with E-state index >= 15 is 0 Å². The van der Waals surface area contributed by atoms with Crippen LogP contribution < -0.4 is 5.73 Å². The number of nitrogens with zero attached hydrogens (tertiary/aromatic N) is 1. The molecular weight excluding hydrogens is 188 g/mol. The van der Waals surface area contributed by atoms with Gasteiger partial charge < -0.3 is 10.8 Å². The van der Waals surface area contributed by atoms with Gasteiger partial charge in [-0.1, -0.05) is 0 Å². The number of likely N-dealkylation sites (tertiary alicyclic amines) is 1. The van der Waals surface area contributed by atoms with E-state index in [1.165, 1.54) is 32.2 Å². The maximum absolute atomic E-state index is 9.27. The number of nitrogens with two attached hydrogens (primary N) is 1. The van der Waals surface area contributed by atoms with E-state index in [-0.39, 0.29) is 12.1 Å². The van der Waals surface area contributed by atoms with Crippen molar-refractivity contribution in [3.63, 3.8) is 0 Å². The number of fused-ring (bicyclic) bond motifs is 2. The molecule has 4 unspecified atom stereocenters. The zero-order chi connectivity index (χ0) is 10.5. The van der Waals surface area contributed by atoms with Crippen LogP contribution in [0.15, 0.2) is 0 Å². The van der Waals surface area contributed by atoms with Crippen molar-refractivity contribution in [3.8, 4) is 0 Å². The maximum Gasteiger partial charge on any atom is 0.0611 e. The van der Waals surface area contributed by atoms with Gasteiger partial charge in [-0.25, -0.2) is 0 Å². The highest BCUT2D eigenvalue weighted by atomic mass is 16.3. The Kier molecular flexibility index (Phi) is 2.31. The molecule has 15 heavy (non-hydrogen) atoms. The Morgan fingerprint density at radius 1 is 1.27 bits per heavy atom. The number of hydrogen-bond acceptors (Lipinski definition) is 3. The molecule has 86 valence electrons. The van der Waals surface area contributed by atoms with E-state index in [0.717, 1.165) is 24.8 Å². The average molecular weight is 210 g/mol. The lowest BCUT2D eigenvalue weighted by Gasteiger charge is -2.33. The van der Waals surface area contributed by atoms with E-state index in [0.29, 0.717) is 6.04 Å². The third-order valence-corrected chi connectivity index (χ3v) is 4.85. The summed E-state index contributed by atoms with van der Waals surface area (Å²) in [5, 5.41) is 9.27. The first-order valence-corrected chi connectivity index (χ1v) is 6.36. The lowest BCUT2D eigenvalue weighted by Crippen LogP contribution is -2.45. The first-order valence-electron chi connectivity index (χ1n) is 6.36. The standard InChI is InChI=1S/C12H22N2O/c13-12(8-15)4-3-11(6-12)14-7-9-1-2-10(14)5-9/h9-11,15H,1-8,13H2. The van der Waals surface area contributed by atoms with Crippen LogP contribution in [0.4, 0.5) is 0 Å². The summed E-state index contributed by atoms with van der Waals surface area (Å²) in [6, 6.07) is 1.51. The van der Waals surface area contributed by atoms with Gasteiger partial charge in [-0.15, -0.1) is 0 Å². The van der Waals surface area contributed by atoms with Crippen LogP contribution in [0, 0.1) is 5.92 Å². The topological polar surface area (TPSA) is 49.5 Å². The molecule has 4 atom stereocenters. The monoisotopic (exact) mass is 210 g/mol.